The molecule has 0 spiro atoms. The molecule has 0 radical (unpaired) electrons. The first kappa shape index (κ1) is 26.0. The largest absolute Gasteiger partial charge is 0.493 e. The van der Waals surface area contributed by atoms with E-state index in [0.29, 0.717) is 6.54 Å². The van der Waals surface area contributed by atoms with E-state index in [4.69, 9.17) is 9.47 Å². The van der Waals surface area contributed by atoms with Gasteiger partial charge < -0.3 is 24.7 Å². The minimum Gasteiger partial charge on any atom is -0.493 e. The molecule has 0 unspecified atom stereocenters. The van der Waals surface area contributed by atoms with E-state index in [1.54, 1.807) is 30.9 Å². The molecule has 1 aliphatic rings. The van der Waals surface area contributed by atoms with E-state index < -0.39 is 0 Å². The maximum Gasteiger partial charge on any atom is 0.250 e. The van der Waals surface area contributed by atoms with Crippen LogP contribution in [0.2, 0.25) is 0 Å². The van der Waals surface area contributed by atoms with Crippen molar-refractivity contribution in [1.29, 1.82) is 0 Å². The predicted molar refractivity (Wildman–Crippen MR) is 139 cm³/mol. The van der Waals surface area contributed by atoms with E-state index in [2.05, 4.69) is 21.7 Å². The summed E-state index contributed by atoms with van der Waals surface area (Å²) in [5.41, 5.74) is 1.10. The van der Waals surface area contributed by atoms with E-state index in [1.165, 1.54) is 12.8 Å². The van der Waals surface area contributed by atoms with Gasteiger partial charge in [-0.15, -0.1) is 24.0 Å². The lowest BCUT2D eigenvalue weighted by atomic mass is 10.1. The average molecular weight is 554 g/mol. The number of guanidine groups is 1. The fourth-order valence-corrected chi connectivity index (χ4v) is 3.83. The number of unbranched alkanes of at least 4 members (excludes halogenated alkanes) is 1. The summed E-state index contributed by atoms with van der Waals surface area (Å²) in [4.78, 5) is 16.1. The van der Waals surface area contributed by atoms with Crippen molar-refractivity contribution >= 4 is 29.9 Å². The number of para-hydroxylation sites is 1. The number of aromatic nitrogens is 1. The normalized spacial score (nSPS) is 14.0. The monoisotopic (exact) mass is 554 g/mol. The fraction of sp³-hybridized carbons (Fsp3) is 0.500. The number of rotatable bonds is 10. The van der Waals surface area contributed by atoms with E-state index in [1.807, 2.05) is 24.4 Å². The summed E-state index contributed by atoms with van der Waals surface area (Å²) in [5, 5.41) is 6.71. The van der Waals surface area contributed by atoms with Crippen molar-refractivity contribution in [3.05, 3.63) is 58.5 Å². The van der Waals surface area contributed by atoms with E-state index in [9.17, 15) is 4.79 Å². The number of nitrogens with zero attached hydrogens (tertiary/aromatic N) is 2. The minimum atomic E-state index is 0. The molecule has 1 saturated carbocycles. The minimum absolute atomic E-state index is 0. The van der Waals surface area contributed by atoms with Crippen LogP contribution < -0.4 is 25.7 Å². The summed E-state index contributed by atoms with van der Waals surface area (Å²) in [6.07, 6.45) is 8.61. The lowest BCUT2D eigenvalue weighted by Gasteiger charge is -2.20. The zero-order chi connectivity index (χ0) is 21.9. The van der Waals surface area contributed by atoms with Crippen molar-refractivity contribution in [1.82, 2.24) is 15.2 Å². The van der Waals surface area contributed by atoms with E-state index in [-0.39, 0.29) is 35.6 Å². The van der Waals surface area contributed by atoms with Crippen LogP contribution in [0.1, 0.15) is 44.1 Å². The second-order valence-corrected chi connectivity index (χ2v) is 7.76. The molecule has 2 N–H and O–H groups in total. The van der Waals surface area contributed by atoms with Crippen molar-refractivity contribution < 1.29 is 9.47 Å². The van der Waals surface area contributed by atoms with Crippen LogP contribution in [-0.2, 0) is 13.1 Å². The summed E-state index contributed by atoms with van der Waals surface area (Å²) in [6, 6.07) is 11.2. The Bertz CT molecular complexity index is 910. The molecule has 3 rings (SSSR count). The Morgan fingerprint density at radius 1 is 1.12 bits per heavy atom. The Morgan fingerprint density at radius 3 is 2.66 bits per heavy atom. The first-order valence-corrected chi connectivity index (χ1v) is 11.1. The van der Waals surface area contributed by atoms with E-state index >= 15 is 0 Å². The molecule has 0 bridgehead atoms. The van der Waals surface area contributed by atoms with Gasteiger partial charge in [-0.3, -0.25) is 9.79 Å². The van der Waals surface area contributed by atoms with Crippen molar-refractivity contribution in [3.63, 3.8) is 0 Å². The Balaban J connectivity index is 0.00000363. The first-order valence-electron chi connectivity index (χ1n) is 11.1. The number of aliphatic imine (C=N–C) groups is 1. The van der Waals surface area contributed by atoms with Gasteiger partial charge in [0.1, 0.15) is 0 Å². The number of ether oxygens (including phenoxy) is 2. The highest BCUT2D eigenvalue weighted by Crippen LogP contribution is 2.34. The zero-order valence-corrected chi connectivity index (χ0v) is 21.3. The van der Waals surface area contributed by atoms with Crippen LogP contribution in [0.15, 0.2) is 52.4 Å². The molecule has 8 heteroatoms. The van der Waals surface area contributed by atoms with Crippen molar-refractivity contribution in [2.45, 2.75) is 57.7 Å². The number of halogens is 1. The Labute approximate surface area is 207 Å². The third-order valence-electron chi connectivity index (χ3n) is 5.55. The molecule has 0 aliphatic heterocycles. The lowest BCUT2D eigenvalue weighted by molar-refractivity contribution is 0.198. The van der Waals surface area contributed by atoms with Gasteiger partial charge in [-0.05, 0) is 50.7 Å². The quantitative estimate of drug-likeness (QED) is 0.202. The number of pyridine rings is 1. The van der Waals surface area contributed by atoms with Gasteiger partial charge >= 0.3 is 0 Å². The second-order valence-electron chi connectivity index (χ2n) is 7.76. The number of benzene rings is 1. The standard InChI is InChI=1S/C24H34N4O3.HI/c1-25-24(26-15-6-8-17-28-16-7-5-14-22(28)29)27-18-19-10-9-13-21(30-2)23(19)31-20-11-3-4-12-20;/h5,7,9-10,13-14,16,20H,3-4,6,8,11-12,15,17-18H2,1-2H3,(H2,25,26,27);1H. The van der Waals surface area contributed by atoms with Gasteiger partial charge in [0.15, 0.2) is 17.5 Å². The van der Waals surface area contributed by atoms with Crippen LogP contribution in [0.3, 0.4) is 0 Å². The summed E-state index contributed by atoms with van der Waals surface area (Å²) >= 11 is 0. The number of hydrogen-bond acceptors (Lipinski definition) is 4. The summed E-state index contributed by atoms with van der Waals surface area (Å²) in [5.74, 6) is 2.34. The van der Waals surface area contributed by atoms with Crippen LogP contribution in [0.5, 0.6) is 11.5 Å². The van der Waals surface area contributed by atoms with Crippen molar-refractivity contribution in [2.75, 3.05) is 20.7 Å². The molecule has 176 valence electrons. The highest BCUT2D eigenvalue weighted by atomic mass is 127. The summed E-state index contributed by atoms with van der Waals surface area (Å²) < 4.78 is 13.6. The molecule has 32 heavy (non-hydrogen) atoms. The Kier molecular flexibility index (Phi) is 11.4. The SMILES string of the molecule is CN=C(NCCCCn1ccccc1=O)NCc1cccc(OC)c1OC1CCCC1.I. The molecule has 2 aromatic rings. The van der Waals surface area contributed by atoms with Gasteiger partial charge in [0.25, 0.3) is 0 Å². The molecular weight excluding hydrogens is 519 g/mol. The van der Waals surface area contributed by atoms with Gasteiger partial charge in [0.2, 0.25) is 5.56 Å². The van der Waals surface area contributed by atoms with Crippen LogP contribution in [0.4, 0.5) is 0 Å². The van der Waals surface area contributed by atoms with Crippen molar-refractivity contribution in [3.8, 4) is 11.5 Å². The molecule has 0 saturated heterocycles. The number of nitrogens with one attached hydrogen (secondary N) is 2. The maximum absolute atomic E-state index is 11.7. The second kappa shape index (κ2) is 14.0. The highest BCUT2D eigenvalue weighted by molar-refractivity contribution is 14.0. The van der Waals surface area contributed by atoms with Crippen LogP contribution in [0.25, 0.3) is 0 Å². The van der Waals surface area contributed by atoms with Gasteiger partial charge in [-0.1, -0.05) is 18.2 Å². The average Bonchev–Trinajstić information content (AvgIpc) is 3.30. The smallest absolute Gasteiger partial charge is 0.250 e. The third-order valence-corrected chi connectivity index (χ3v) is 5.55. The number of methoxy groups -OCH3 is 1. The first-order chi connectivity index (χ1) is 15.2. The van der Waals surface area contributed by atoms with Gasteiger partial charge in [-0.25, -0.2) is 0 Å². The van der Waals surface area contributed by atoms with Crippen LogP contribution in [-0.4, -0.2) is 37.3 Å². The predicted octanol–water partition coefficient (Wildman–Crippen LogP) is 3.94. The zero-order valence-electron chi connectivity index (χ0n) is 19.0. The van der Waals surface area contributed by atoms with Gasteiger partial charge in [-0.2, -0.15) is 0 Å². The molecule has 1 heterocycles. The fourth-order valence-electron chi connectivity index (χ4n) is 3.83. The molecule has 1 aromatic carbocycles. The molecule has 7 nitrogen and oxygen atoms in total. The molecule has 1 aromatic heterocycles. The summed E-state index contributed by atoms with van der Waals surface area (Å²) in [7, 11) is 3.44. The topological polar surface area (TPSA) is 76.9 Å². The number of aryl methyl sites for hydroxylation is 1. The Morgan fingerprint density at radius 2 is 1.94 bits per heavy atom. The molecule has 1 fully saturated rings. The van der Waals surface area contributed by atoms with Crippen LogP contribution >= 0.6 is 24.0 Å². The molecule has 0 atom stereocenters. The van der Waals surface area contributed by atoms with Gasteiger partial charge in [0, 0.05) is 44.5 Å². The molecule has 0 amide bonds. The van der Waals surface area contributed by atoms with E-state index in [0.717, 1.165) is 61.8 Å². The highest BCUT2D eigenvalue weighted by Gasteiger charge is 2.20. The Hall–Kier alpha value is -2.23. The molecular formula is C24H35IN4O3. The lowest BCUT2D eigenvalue weighted by Crippen LogP contribution is -2.37. The van der Waals surface area contributed by atoms with Crippen molar-refractivity contribution in [2.24, 2.45) is 4.99 Å². The third kappa shape index (κ3) is 7.72. The summed E-state index contributed by atoms with van der Waals surface area (Å²) in [6.45, 7) is 2.10. The van der Waals surface area contributed by atoms with Gasteiger partial charge in [0.05, 0.1) is 13.2 Å². The maximum atomic E-state index is 11.7. The van der Waals surface area contributed by atoms with Crippen LogP contribution in [0, 0.1) is 0 Å². The number of hydrogen-bond donors (Lipinski definition) is 2. The molecule has 1 aliphatic carbocycles.